The van der Waals surface area contributed by atoms with E-state index in [1.807, 2.05) is 24.3 Å². The molecule has 122 valence electrons. The predicted octanol–water partition coefficient (Wildman–Crippen LogP) is 3.84. The summed E-state index contributed by atoms with van der Waals surface area (Å²) in [5, 5.41) is 22.3. The number of phenols is 1. The number of rotatable bonds is 2. The molecule has 4 rings (SSSR count). The Bertz CT molecular complexity index is 1190. The van der Waals surface area contributed by atoms with E-state index < -0.39 is 5.56 Å². The Morgan fingerprint density at radius 3 is 2.64 bits per heavy atom. The van der Waals surface area contributed by atoms with E-state index in [-0.39, 0.29) is 22.8 Å². The first kappa shape index (κ1) is 15.0. The van der Waals surface area contributed by atoms with Crippen LogP contribution < -0.4 is 5.56 Å². The third-order valence-corrected chi connectivity index (χ3v) is 4.08. The normalized spacial score (nSPS) is 11.9. The summed E-state index contributed by atoms with van der Waals surface area (Å²) in [5.74, 6) is -0.263. The molecule has 5 nitrogen and oxygen atoms in total. The number of aromatic hydroxyl groups is 1. The quantitative estimate of drug-likeness (QED) is 0.487. The first-order chi connectivity index (χ1) is 12.1. The van der Waals surface area contributed by atoms with Crippen LogP contribution >= 0.6 is 0 Å². The molecule has 3 aromatic carbocycles. The van der Waals surface area contributed by atoms with Crippen molar-refractivity contribution in [1.82, 2.24) is 9.97 Å². The van der Waals surface area contributed by atoms with Crippen molar-refractivity contribution in [1.29, 1.82) is 0 Å². The van der Waals surface area contributed by atoms with E-state index in [9.17, 15) is 15.0 Å². The lowest BCUT2D eigenvalue weighted by Gasteiger charge is -2.07. The summed E-state index contributed by atoms with van der Waals surface area (Å²) in [6.45, 7) is 0. The van der Waals surface area contributed by atoms with Crippen LogP contribution in [0, 0.1) is 0 Å². The minimum Gasteiger partial charge on any atom is -0.507 e. The summed E-state index contributed by atoms with van der Waals surface area (Å²) in [4.78, 5) is 19.2. The number of hydrogen-bond acceptors (Lipinski definition) is 4. The van der Waals surface area contributed by atoms with Crippen LogP contribution in [0.4, 0.5) is 0 Å². The van der Waals surface area contributed by atoms with Gasteiger partial charge in [-0.1, -0.05) is 42.5 Å². The number of hydrogen-bond donors (Lipinski definition) is 3. The van der Waals surface area contributed by atoms with Crippen LogP contribution in [0.15, 0.2) is 65.5 Å². The van der Waals surface area contributed by atoms with Crippen molar-refractivity contribution in [2.45, 2.75) is 0 Å². The topological polar surface area (TPSA) is 86.2 Å². The molecule has 0 unspecified atom stereocenters. The largest absolute Gasteiger partial charge is 0.507 e. The van der Waals surface area contributed by atoms with Gasteiger partial charge in [-0.3, -0.25) is 4.79 Å². The highest BCUT2D eigenvalue weighted by atomic mass is 16.3. The van der Waals surface area contributed by atoms with E-state index in [1.165, 1.54) is 6.08 Å². The number of aliphatic hydroxyl groups excluding tert-OH is 1. The van der Waals surface area contributed by atoms with Crippen molar-refractivity contribution in [3.05, 3.63) is 82.3 Å². The van der Waals surface area contributed by atoms with Crippen LogP contribution in [0.1, 0.15) is 11.3 Å². The van der Waals surface area contributed by atoms with Gasteiger partial charge in [0.05, 0.1) is 16.6 Å². The van der Waals surface area contributed by atoms with Gasteiger partial charge in [0, 0.05) is 11.5 Å². The molecule has 0 fully saturated rings. The smallest absolute Gasteiger partial charge is 0.274 e. The SMILES string of the molecule is O=c1[nH]c2ccccc2nc1/C=C(\O)c1ccc2ccccc2c1O. The molecule has 0 radical (unpaired) electrons. The van der Waals surface area contributed by atoms with Gasteiger partial charge in [-0.15, -0.1) is 0 Å². The molecule has 25 heavy (non-hydrogen) atoms. The Kier molecular flexibility index (Phi) is 3.47. The molecule has 0 aliphatic heterocycles. The zero-order chi connectivity index (χ0) is 17.4. The molecule has 0 spiro atoms. The molecule has 4 aromatic rings. The Morgan fingerprint density at radius 1 is 1.00 bits per heavy atom. The number of fused-ring (bicyclic) bond motifs is 2. The molecule has 0 aliphatic carbocycles. The summed E-state index contributed by atoms with van der Waals surface area (Å²) in [6.07, 6.45) is 1.26. The van der Waals surface area contributed by atoms with Crippen molar-refractivity contribution >= 4 is 33.6 Å². The van der Waals surface area contributed by atoms with E-state index in [2.05, 4.69) is 9.97 Å². The second-order valence-electron chi connectivity index (χ2n) is 5.68. The van der Waals surface area contributed by atoms with E-state index in [0.29, 0.717) is 16.4 Å². The highest BCUT2D eigenvalue weighted by Crippen LogP contribution is 2.32. The summed E-state index contributed by atoms with van der Waals surface area (Å²) in [6, 6.07) is 17.9. The molecule has 0 amide bonds. The molecular formula is C20H14N2O3. The van der Waals surface area contributed by atoms with Crippen LogP contribution in [0.2, 0.25) is 0 Å². The molecule has 0 saturated carbocycles. The van der Waals surface area contributed by atoms with Crippen LogP contribution in [-0.4, -0.2) is 20.2 Å². The Balaban J connectivity index is 1.86. The number of para-hydroxylation sites is 2. The van der Waals surface area contributed by atoms with Crippen molar-refractivity contribution in [2.24, 2.45) is 0 Å². The highest BCUT2D eigenvalue weighted by Gasteiger charge is 2.11. The third-order valence-electron chi connectivity index (χ3n) is 4.08. The molecule has 0 aliphatic rings. The third kappa shape index (κ3) is 2.61. The lowest BCUT2D eigenvalue weighted by molar-refractivity contribution is 0.466. The first-order valence-corrected chi connectivity index (χ1v) is 7.74. The summed E-state index contributed by atoms with van der Waals surface area (Å²) in [7, 11) is 0. The minimum absolute atomic E-state index is 0.0379. The number of H-pyrrole nitrogens is 1. The van der Waals surface area contributed by atoms with Crippen molar-refractivity contribution in [2.75, 3.05) is 0 Å². The maximum absolute atomic E-state index is 12.2. The fourth-order valence-corrected chi connectivity index (χ4v) is 2.81. The maximum Gasteiger partial charge on any atom is 0.274 e. The summed E-state index contributed by atoms with van der Waals surface area (Å²) in [5.41, 5.74) is 1.14. The van der Waals surface area contributed by atoms with E-state index in [4.69, 9.17) is 0 Å². The molecule has 0 saturated heterocycles. The average molecular weight is 330 g/mol. The maximum atomic E-state index is 12.2. The van der Waals surface area contributed by atoms with E-state index >= 15 is 0 Å². The Labute approximate surface area is 142 Å². The molecule has 1 aromatic heterocycles. The van der Waals surface area contributed by atoms with Crippen molar-refractivity contribution < 1.29 is 10.2 Å². The number of aromatic nitrogens is 2. The second-order valence-corrected chi connectivity index (χ2v) is 5.68. The van der Waals surface area contributed by atoms with E-state index in [0.717, 1.165) is 5.39 Å². The van der Waals surface area contributed by atoms with Gasteiger partial charge in [-0.25, -0.2) is 4.98 Å². The minimum atomic E-state index is -0.412. The number of nitrogens with one attached hydrogen (secondary N) is 1. The predicted molar refractivity (Wildman–Crippen MR) is 98.5 cm³/mol. The second kappa shape index (κ2) is 5.79. The van der Waals surface area contributed by atoms with Crippen LogP contribution in [0.5, 0.6) is 5.75 Å². The summed E-state index contributed by atoms with van der Waals surface area (Å²) >= 11 is 0. The lowest BCUT2D eigenvalue weighted by atomic mass is 10.0. The number of nitrogens with zero attached hydrogens (tertiary/aromatic N) is 1. The first-order valence-electron chi connectivity index (χ1n) is 7.74. The Hall–Kier alpha value is -3.60. The van der Waals surface area contributed by atoms with Gasteiger partial charge in [-0.2, -0.15) is 0 Å². The van der Waals surface area contributed by atoms with Gasteiger partial charge in [0.25, 0.3) is 5.56 Å². The monoisotopic (exact) mass is 330 g/mol. The number of benzene rings is 3. The van der Waals surface area contributed by atoms with Gasteiger partial charge in [0.15, 0.2) is 0 Å². The van der Waals surface area contributed by atoms with Gasteiger partial charge in [-0.05, 0) is 23.6 Å². The molecular weight excluding hydrogens is 316 g/mol. The van der Waals surface area contributed by atoms with Gasteiger partial charge >= 0.3 is 0 Å². The highest BCUT2D eigenvalue weighted by molar-refractivity contribution is 5.94. The van der Waals surface area contributed by atoms with Crippen molar-refractivity contribution in [3.63, 3.8) is 0 Å². The molecule has 0 atom stereocenters. The van der Waals surface area contributed by atoms with Crippen molar-refractivity contribution in [3.8, 4) is 5.75 Å². The molecule has 3 N–H and O–H groups in total. The number of phenolic OH excluding ortho intramolecular Hbond substituents is 1. The Morgan fingerprint density at radius 2 is 1.76 bits per heavy atom. The van der Waals surface area contributed by atoms with E-state index in [1.54, 1.807) is 36.4 Å². The summed E-state index contributed by atoms with van der Waals surface area (Å²) < 4.78 is 0. The molecule has 0 bridgehead atoms. The zero-order valence-corrected chi connectivity index (χ0v) is 13.1. The fourth-order valence-electron chi connectivity index (χ4n) is 2.81. The van der Waals surface area contributed by atoms with Gasteiger partial charge < -0.3 is 15.2 Å². The molecule has 5 heteroatoms. The average Bonchev–Trinajstić information content (AvgIpc) is 2.63. The number of aliphatic hydroxyl groups is 1. The molecule has 1 heterocycles. The van der Waals surface area contributed by atoms with Crippen LogP contribution in [0.3, 0.4) is 0 Å². The fraction of sp³-hybridized carbons (Fsp3) is 0. The van der Waals surface area contributed by atoms with Gasteiger partial charge in [0.2, 0.25) is 0 Å². The lowest BCUT2D eigenvalue weighted by Crippen LogP contribution is -2.12. The van der Waals surface area contributed by atoms with Crippen LogP contribution in [0.25, 0.3) is 33.6 Å². The number of aromatic amines is 1. The standard InChI is InChI=1S/C20H14N2O3/c23-18(14-10-9-12-5-1-2-6-13(12)19(14)24)11-17-20(25)22-16-8-4-3-7-15(16)21-17/h1-11,23-24H,(H,22,25)/b18-11-. The van der Waals surface area contributed by atoms with Gasteiger partial charge in [0.1, 0.15) is 17.2 Å². The van der Waals surface area contributed by atoms with Crippen LogP contribution in [-0.2, 0) is 0 Å². The zero-order valence-electron chi connectivity index (χ0n) is 13.1.